The van der Waals surface area contributed by atoms with E-state index in [1.165, 1.54) is 18.6 Å². The van der Waals surface area contributed by atoms with Crippen LogP contribution in [0.5, 0.6) is 0 Å². The zero-order chi connectivity index (χ0) is 13.1. The SMILES string of the molecule is C[C@H]1CCCCN1C(=O)Cc1cc(F)cc(Cl)c1. The summed E-state index contributed by atoms with van der Waals surface area (Å²) in [6, 6.07) is 4.56. The van der Waals surface area contributed by atoms with E-state index in [1.807, 2.05) is 4.90 Å². The fraction of sp³-hybridized carbons (Fsp3) is 0.500. The van der Waals surface area contributed by atoms with Crippen LogP contribution in [-0.4, -0.2) is 23.4 Å². The number of carbonyl (C=O) groups is 1. The first-order valence-electron chi connectivity index (χ1n) is 6.30. The largest absolute Gasteiger partial charge is 0.340 e. The van der Waals surface area contributed by atoms with E-state index in [2.05, 4.69) is 6.92 Å². The first-order valence-corrected chi connectivity index (χ1v) is 6.68. The summed E-state index contributed by atoms with van der Waals surface area (Å²) in [4.78, 5) is 14.1. The van der Waals surface area contributed by atoms with E-state index in [0.717, 1.165) is 19.4 Å². The molecule has 0 bridgehead atoms. The molecule has 0 N–H and O–H groups in total. The first kappa shape index (κ1) is 13.3. The molecule has 2 nitrogen and oxygen atoms in total. The zero-order valence-electron chi connectivity index (χ0n) is 10.5. The van der Waals surface area contributed by atoms with Gasteiger partial charge >= 0.3 is 0 Å². The molecule has 0 radical (unpaired) electrons. The average Bonchev–Trinajstić information content (AvgIpc) is 2.27. The van der Waals surface area contributed by atoms with E-state index in [9.17, 15) is 9.18 Å². The maximum atomic E-state index is 13.2. The average molecular weight is 270 g/mol. The maximum absolute atomic E-state index is 13.2. The van der Waals surface area contributed by atoms with Gasteiger partial charge in [-0.25, -0.2) is 4.39 Å². The quantitative estimate of drug-likeness (QED) is 0.806. The summed E-state index contributed by atoms with van der Waals surface area (Å²) in [5, 5.41) is 0.337. The van der Waals surface area contributed by atoms with Crippen LogP contribution in [0.4, 0.5) is 4.39 Å². The molecule has 4 heteroatoms. The Morgan fingerprint density at radius 1 is 1.44 bits per heavy atom. The summed E-state index contributed by atoms with van der Waals surface area (Å²) in [5.41, 5.74) is 0.641. The molecule has 1 amide bonds. The minimum atomic E-state index is -0.392. The Labute approximate surface area is 112 Å². The molecule has 98 valence electrons. The van der Waals surface area contributed by atoms with Crippen molar-refractivity contribution in [1.29, 1.82) is 0 Å². The van der Waals surface area contributed by atoms with Gasteiger partial charge in [0.1, 0.15) is 5.82 Å². The smallest absolute Gasteiger partial charge is 0.227 e. The van der Waals surface area contributed by atoms with Gasteiger partial charge in [0.2, 0.25) is 5.91 Å². The van der Waals surface area contributed by atoms with Crippen LogP contribution < -0.4 is 0 Å². The van der Waals surface area contributed by atoms with Crippen molar-refractivity contribution in [3.05, 3.63) is 34.6 Å². The number of halogens is 2. The molecule has 1 saturated heterocycles. The Hall–Kier alpha value is -1.09. The number of likely N-dealkylation sites (tertiary alicyclic amines) is 1. The van der Waals surface area contributed by atoms with Crippen LogP contribution in [0.3, 0.4) is 0 Å². The van der Waals surface area contributed by atoms with Crippen LogP contribution in [0.15, 0.2) is 18.2 Å². The summed E-state index contributed by atoms with van der Waals surface area (Å²) in [6.07, 6.45) is 3.51. The molecule has 18 heavy (non-hydrogen) atoms. The second-order valence-corrected chi connectivity index (χ2v) is 5.32. The van der Waals surface area contributed by atoms with Gasteiger partial charge in [-0.1, -0.05) is 11.6 Å². The fourth-order valence-corrected chi connectivity index (χ4v) is 2.70. The number of hydrogen-bond acceptors (Lipinski definition) is 1. The lowest BCUT2D eigenvalue weighted by Crippen LogP contribution is -2.42. The van der Waals surface area contributed by atoms with Gasteiger partial charge in [0.05, 0.1) is 6.42 Å². The van der Waals surface area contributed by atoms with Crippen molar-refractivity contribution in [3.63, 3.8) is 0 Å². The molecule has 0 aliphatic carbocycles. The summed E-state index contributed by atoms with van der Waals surface area (Å²) in [6.45, 7) is 2.87. The van der Waals surface area contributed by atoms with Crippen LogP contribution in [0, 0.1) is 5.82 Å². The predicted octanol–water partition coefficient (Wildman–Crippen LogP) is 3.42. The van der Waals surface area contributed by atoms with E-state index >= 15 is 0 Å². The van der Waals surface area contributed by atoms with Crippen LogP contribution >= 0.6 is 11.6 Å². The third kappa shape index (κ3) is 3.22. The van der Waals surface area contributed by atoms with Gasteiger partial charge in [-0.15, -0.1) is 0 Å². The molecule has 2 rings (SSSR count). The fourth-order valence-electron chi connectivity index (χ4n) is 2.46. The van der Waals surface area contributed by atoms with Gasteiger partial charge in [-0.05, 0) is 49.9 Å². The number of amides is 1. The highest BCUT2D eigenvalue weighted by molar-refractivity contribution is 6.30. The van der Waals surface area contributed by atoms with Crippen LogP contribution in [0.2, 0.25) is 5.02 Å². The molecule has 1 aliphatic heterocycles. The minimum Gasteiger partial charge on any atom is -0.340 e. The first-order chi connectivity index (χ1) is 8.56. The molecule has 1 heterocycles. The summed E-state index contributed by atoms with van der Waals surface area (Å²) in [7, 11) is 0. The summed E-state index contributed by atoms with van der Waals surface area (Å²) in [5.74, 6) is -0.333. The lowest BCUT2D eigenvalue weighted by molar-refractivity contribution is -0.133. The van der Waals surface area contributed by atoms with E-state index in [0.29, 0.717) is 10.6 Å². The number of rotatable bonds is 2. The van der Waals surface area contributed by atoms with Crippen LogP contribution in [-0.2, 0) is 11.2 Å². The molecule has 1 fully saturated rings. The van der Waals surface area contributed by atoms with Crippen molar-refractivity contribution < 1.29 is 9.18 Å². The van der Waals surface area contributed by atoms with E-state index < -0.39 is 5.82 Å². The molecule has 0 saturated carbocycles. The van der Waals surface area contributed by atoms with Gasteiger partial charge in [-0.2, -0.15) is 0 Å². The zero-order valence-corrected chi connectivity index (χ0v) is 11.2. The van der Waals surface area contributed by atoms with Gasteiger partial charge in [0.25, 0.3) is 0 Å². The highest BCUT2D eigenvalue weighted by atomic mass is 35.5. The van der Waals surface area contributed by atoms with Crippen molar-refractivity contribution in [2.24, 2.45) is 0 Å². The van der Waals surface area contributed by atoms with E-state index in [1.54, 1.807) is 6.07 Å². The third-order valence-electron chi connectivity index (χ3n) is 3.40. The maximum Gasteiger partial charge on any atom is 0.227 e. The Balaban J connectivity index is 2.06. The molecule has 0 spiro atoms. The standard InChI is InChI=1S/C14H17ClFNO/c1-10-4-2-3-5-17(10)14(18)8-11-6-12(15)9-13(16)7-11/h6-7,9-10H,2-5,8H2,1H3/t10-/m0/s1. The second-order valence-electron chi connectivity index (χ2n) is 4.89. The number of hydrogen-bond donors (Lipinski definition) is 0. The molecule has 1 aromatic carbocycles. The minimum absolute atomic E-state index is 0.0591. The van der Waals surface area contributed by atoms with Gasteiger partial charge in [0, 0.05) is 17.6 Å². The third-order valence-corrected chi connectivity index (χ3v) is 3.62. The number of carbonyl (C=O) groups excluding carboxylic acids is 1. The molecule has 0 unspecified atom stereocenters. The number of piperidine rings is 1. The monoisotopic (exact) mass is 269 g/mol. The summed E-state index contributed by atoms with van der Waals surface area (Å²) < 4.78 is 13.2. The highest BCUT2D eigenvalue weighted by Gasteiger charge is 2.23. The molecule has 1 aliphatic rings. The van der Waals surface area contributed by atoms with Gasteiger partial charge in [-0.3, -0.25) is 4.79 Å². The highest BCUT2D eigenvalue weighted by Crippen LogP contribution is 2.19. The Kier molecular flexibility index (Phi) is 4.23. The summed E-state index contributed by atoms with van der Waals surface area (Å²) >= 11 is 5.78. The number of nitrogens with zero attached hydrogens (tertiary/aromatic N) is 1. The van der Waals surface area contributed by atoms with Crippen LogP contribution in [0.1, 0.15) is 31.7 Å². The van der Waals surface area contributed by atoms with Gasteiger partial charge < -0.3 is 4.90 Å². The molecule has 0 aromatic heterocycles. The lowest BCUT2D eigenvalue weighted by Gasteiger charge is -2.33. The topological polar surface area (TPSA) is 20.3 Å². The lowest BCUT2D eigenvalue weighted by atomic mass is 10.0. The van der Waals surface area contributed by atoms with Crippen molar-refractivity contribution in [2.45, 2.75) is 38.6 Å². The molecular formula is C14H17ClFNO. The van der Waals surface area contributed by atoms with E-state index in [-0.39, 0.29) is 18.4 Å². The van der Waals surface area contributed by atoms with Crippen molar-refractivity contribution in [3.8, 4) is 0 Å². The van der Waals surface area contributed by atoms with E-state index in [4.69, 9.17) is 11.6 Å². The van der Waals surface area contributed by atoms with Crippen molar-refractivity contribution in [1.82, 2.24) is 4.90 Å². The van der Waals surface area contributed by atoms with Crippen LogP contribution in [0.25, 0.3) is 0 Å². The Morgan fingerprint density at radius 2 is 2.22 bits per heavy atom. The molecular weight excluding hydrogens is 253 g/mol. The van der Waals surface area contributed by atoms with Crippen molar-refractivity contribution >= 4 is 17.5 Å². The van der Waals surface area contributed by atoms with Gasteiger partial charge in [0.15, 0.2) is 0 Å². The second kappa shape index (κ2) is 5.70. The Bertz CT molecular complexity index is 429. The Morgan fingerprint density at radius 3 is 2.89 bits per heavy atom. The molecule has 1 atom stereocenters. The molecule has 1 aromatic rings. The predicted molar refractivity (Wildman–Crippen MR) is 70.1 cm³/mol. The number of benzene rings is 1. The van der Waals surface area contributed by atoms with Crippen molar-refractivity contribution in [2.75, 3.05) is 6.54 Å². The normalized spacial score (nSPS) is 19.9.